The lowest BCUT2D eigenvalue weighted by Gasteiger charge is -2.30. The Bertz CT molecular complexity index is 2880. The summed E-state index contributed by atoms with van der Waals surface area (Å²) in [4.78, 5) is 7.46. The Labute approximate surface area is 832 Å². The Balaban J connectivity index is -0.000000149. The lowest BCUT2D eigenvalue weighted by Crippen LogP contribution is -2.57. The molecule has 0 fully saturated rings. The van der Waals surface area contributed by atoms with Crippen molar-refractivity contribution in [3.8, 4) is 23.7 Å². The number of aliphatic hydroxyl groups is 18. The van der Waals surface area contributed by atoms with E-state index in [0.29, 0.717) is 84.2 Å². The van der Waals surface area contributed by atoms with Gasteiger partial charge in [0, 0.05) is 54.0 Å². The summed E-state index contributed by atoms with van der Waals surface area (Å²) in [5, 5.41) is 150. The van der Waals surface area contributed by atoms with E-state index in [-0.39, 0.29) is 92.5 Å². The number of aryl methyl sites for hydroxylation is 1. The second-order valence-electron chi connectivity index (χ2n) is 25.7. The van der Waals surface area contributed by atoms with E-state index < -0.39 is 42.2 Å². The normalized spacial score (nSPS) is 10.5. The molecule has 0 aromatic heterocycles. The quantitative estimate of drug-likeness (QED) is 0.00488. The van der Waals surface area contributed by atoms with Crippen molar-refractivity contribution < 1.29 is 142 Å². The number of halogens is 7. The zero-order valence-electron chi connectivity index (χ0n) is 75.0. The molecule has 0 aliphatic rings. The number of unbranched alkanes of at least 4 members (excludes halogenated alkanes) is 8. The Morgan fingerprint density at radius 3 is 0.930 bits per heavy atom. The third kappa shape index (κ3) is 114. The highest BCUT2D eigenvalue weighted by atomic mass is 35.5. The van der Waals surface area contributed by atoms with Crippen molar-refractivity contribution in [3.63, 3.8) is 0 Å². The average molecular weight is 2100 g/mol. The first kappa shape index (κ1) is 148. The molecule has 0 atom stereocenters. The van der Waals surface area contributed by atoms with Crippen LogP contribution in [0.1, 0.15) is 116 Å². The lowest BCUT2D eigenvalue weighted by atomic mass is 9.93. The molecule has 0 heterocycles. The first-order valence-corrected chi connectivity index (χ1v) is 48.7. The summed E-state index contributed by atoms with van der Waals surface area (Å²) in [6, 6.07) is 26.3. The maximum atomic E-state index is 12.2. The zero-order valence-corrected chi connectivity index (χ0v) is 86.4. The van der Waals surface area contributed by atoms with Gasteiger partial charge in [0.05, 0.1) is 148 Å². The van der Waals surface area contributed by atoms with Crippen LogP contribution in [0.25, 0.3) is 0 Å². The summed E-state index contributed by atoms with van der Waals surface area (Å²) in [5.74, 6) is -0.744. The van der Waals surface area contributed by atoms with Gasteiger partial charge in [-0.3, -0.25) is 4.90 Å². The minimum Gasteiger partial charge on any atom is -0.395 e. The number of aliphatic hydroxyl groups excluding tert-OH is 16. The Morgan fingerprint density at radius 2 is 0.690 bits per heavy atom. The fourth-order valence-corrected chi connectivity index (χ4v) is 11.0. The van der Waals surface area contributed by atoms with Crippen molar-refractivity contribution in [2.45, 2.75) is 164 Å². The van der Waals surface area contributed by atoms with Gasteiger partial charge in [-0.05, 0) is 161 Å². The van der Waals surface area contributed by atoms with Gasteiger partial charge < -0.3 is 116 Å². The van der Waals surface area contributed by atoms with Gasteiger partial charge in [-0.1, -0.05) is 145 Å². The largest absolute Gasteiger partial charge is 0.395 e. The molecule has 0 amide bonds. The second-order valence-corrected chi connectivity index (χ2v) is 33.6. The molecule has 18 N–H and O–H groups in total. The predicted octanol–water partition coefficient (Wildman–Crippen LogP) is 11.5. The number of rotatable bonds is 47. The van der Waals surface area contributed by atoms with Gasteiger partial charge in [0.1, 0.15) is 39.6 Å². The van der Waals surface area contributed by atoms with Crippen LogP contribution in [-0.2, 0) is 34.9 Å². The van der Waals surface area contributed by atoms with Gasteiger partial charge in [0.25, 0.3) is 0 Å². The number of ether oxygens (including phenoxy) is 5. The van der Waals surface area contributed by atoms with Crippen LogP contribution in [0.5, 0.6) is 0 Å². The predicted molar refractivity (Wildman–Crippen MR) is 545 cm³/mol. The SMILES string of the molecule is CC(C)(O)c1ccc(C(C)(C)O)cc1.CCN(CCO)CCO.Cc1ccc(S)c(S)c1.OC/C=C\CO.OCC#CCO.OCC(F)(F)C(F)(F)C(F)(F)CO.OCCOCC#CCOCCO.OCCOCCO.OCCOCCOCCO.OCCSSCCO.SCCCCCCCCS.SCCCCCCS.Sc1ccc(Cl)c(S)c1.Sc1ccc(S)cc1. The zero-order chi connectivity index (χ0) is 101. The van der Waals surface area contributed by atoms with Crippen LogP contribution in [0.3, 0.4) is 0 Å². The molecule has 4 rings (SSSR count). The molecule has 760 valence electrons. The summed E-state index contributed by atoms with van der Waals surface area (Å²) in [7, 11) is 3.17. The van der Waals surface area contributed by atoms with Gasteiger partial charge in [0.2, 0.25) is 0 Å². The van der Waals surface area contributed by atoms with Crippen molar-refractivity contribution >= 4 is 159 Å². The minimum absolute atomic E-state index is 0.0144. The average Bonchev–Trinajstić information content (AvgIpc) is 0.774. The van der Waals surface area contributed by atoms with E-state index in [4.69, 9.17) is 112 Å². The Kier molecular flexibility index (Phi) is 129. The fourth-order valence-electron chi connectivity index (χ4n) is 7.17. The van der Waals surface area contributed by atoms with Crippen molar-refractivity contribution in [2.24, 2.45) is 0 Å². The number of hydrogen-bond donors (Lipinski definition) is 28. The number of thiol groups is 10. The van der Waals surface area contributed by atoms with Crippen LogP contribution in [0.15, 0.2) is 126 Å². The molecule has 0 saturated carbocycles. The molecule has 43 heteroatoms. The number of hydrogen-bond acceptors (Lipinski definition) is 36. The first-order valence-electron chi connectivity index (χ1n) is 40.6. The topological polar surface area (TPSA) is 414 Å². The third-order valence-electron chi connectivity index (χ3n) is 13.8. The molecule has 24 nitrogen and oxygen atoms in total. The molecule has 0 saturated heterocycles. The van der Waals surface area contributed by atoms with E-state index in [2.05, 4.69) is 155 Å². The van der Waals surface area contributed by atoms with Crippen LogP contribution >= 0.6 is 159 Å². The Hall–Kier alpha value is -1.15. The summed E-state index contributed by atoms with van der Waals surface area (Å²) in [5.41, 5.74) is 1.28. The molecule has 0 bridgehead atoms. The molecule has 0 aliphatic carbocycles. The summed E-state index contributed by atoms with van der Waals surface area (Å²) < 4.78 is 96.5. The number of alkyl halides is 6. The fraction of sp³-hybridized carbons (Fsp3) is 0.651. The van der Waals surface area contributed by atoms with E-state index in [1.807, 2.05) is 91.5 Å². The molecule has 0 aliphatic heterocycles. The highest BCUT2D eigenvalue weighted by Gasteiger charge is 2.71. The number of likely N-dealkylation sites (N-methyl/N-ethyl adjacent to an activating group) is 1. The van der Waals surface area contributed by atoms with Gasteiger partial charge in [0.15, 0.2) is 0 Å². The van der Waals surface area contributed by atoms with Crippen LogP contribution in [0.4, 0.5) is 26.3 Å². The monoisotopic (exact) mass is 2100 g/mol. The van der Waals surface area contributed by atoms with Crippen molar-refractivity contribution in [1.29, 1.82) is 0 Å². The summed E-state index contributed by atoms with van der Waals surface area (Å²) >= 11 is 46.9. The molecule has 0 unspecified atom stereocenters. The van der Waals surface area contributed by atoms with Crippen molar-refractivity contribution in [3.05, 3.63) is 119 Å². The van der Waals surface area contributed by atoms with Gasteiger partial charge >= 0.3 is 17.8 Å². The molecule has 4 aromatic carbocycles. The van der Waals surface area contributed by atoms with Crippen molar-refractivity contribution in [2.75, 3.05) is 226 Å². The lowest BCUT2D eigenvalue weighted by molar-refractivity contribution is -0.323. The molecular formula is C86H152ClF6NO23S12. The van der Waals surface area contributed by atoms with Gasteiger partial charge in [-0.2, -0.15) is 76.9 Å². The molecule has 0 radical (unpaired) electrons. The van der Waals surface area contributed by atoms with E-state index >= 15 is 0 Å². The van der Waals surface area contributed by atoms with Crippen molar-refractivity contribution in [1.82, 2.24) is 4.90 Å². The van der Waals surface area contributed by atoms with E-state index in [9.17, 15) is 36.6 Å². The molecule has 129 heavy (non-hydrogen) atoms. The molecular weight excluding hydrogens is 1950 g/mol. The highest BCUT2D eigenvalue weighted by molar-refractivity contribution is 8.76. The summed E-state index contributed by atoms with van der Waals surface area (Å²) in [6.07, 6.45) is 16.2. The summed E-state index contributed by atoms with van der Waals surface area (Å²) in [6.45, 7) is 12.6. The maximum Gasteiger partial charge on any atom is 0.376 e. The number of benzene rings is 4. The van der Waals surface area contributed by atoms with Crippen LogP contribution in [0, 0.1) is 30.6 Å². The first-order chi connectivity index (χ1) is 61.2. The molecule has 0 spiro atoms. The standard InChI is InChI=1S/C12H18O2.C8H14O4.C8H18S2.C7H8S2.C6H5ClS2.C6H15NO2.C6H14O4.C6H6S2.C6H14S2.C5H6F6O2.C4H10O3.C4H10O2S2.C4H8O2.C4H6O2/c1-11(2,13)9-5-7-10(8-6-9)12(3,4)14;9-3-7-11-5-1-2-6-12-8-4-10;9-7-5-3-1-2-4-6-8-10;1-5-2-3-6(8)7(9)4-5;7-5-2-1-4(8)3-6(5)9;1-2-7(3-5-8)4-6-9;7-1-3-9-5-6-10-4-2-8;7-5-1-2-6(8)4-3-5;7-5-3-1-2-4-6-8;6-3(7,1-12)5(10,11)4(8,9)2-13;5-1-3-7-4-2-6;5-1-3-7-8-4-2-6;2*5-3-1-2-4-6/h5-8,13-14H,1-4H3;9-10H,3-8H2;9-10H,1-8H2;2-4,8-9H,1H3;1-3,8-9H;8-9H,2-6H2,1H3;7-8H,1-6H2;1-4,7-8H;7-8H,1-6H2;12-13H,1-2H2;5-6H,1-4H2;5-6H,1-4H2;1-2,5-6H,3-4H2;5-6H,3-4H2/b;;;;;;;;;;;;2-1-;. The molecule has 4 aromatic rings. The van der Waals surface area contributed by atoms with Gasteiger partial charge in [-0.15, -0.1) is 75.8 Å². The smallest absolute Gasteiger partial charge is 0.376 e. The van der Waals surface area contributed by atoms with Gasteiger partial charge in [-0.25, -0.2) is 0 Å². The number of nitrogens with zero attached hydrogens (tertiary/aromatic N) is 1. The van der Waals surface area contributed by atoms with Crippen LogP contribution < -0.4 is 0 Å². The van der Waals surface area contributed by atoms with E-state index in [1.54, 1.807) is 61.4 Å². The second kappa shape index (κ2) is 112. The minimum atomic E-state index is -5.77. The maximum absolute atomic E-state index is 12.2. The van der Waals surface area contributed by atoms with Crippen LogP contribution in [0.2, 0.25) is 5.02 Å². The highest BCUT2D eigenvalue weighted by Crippen LogP contribution is 2.45. The van der Waals surface area contributed by atoms with E-state index in [0.717, 1.165) is 81.6 Å². The van der Waals surface area contributed by atoms with Crippen LogP contribution in [-0.4, -0.2) is 341 Å². The Morgan fingerprint density at radius 1 is 0.380 bits per heavy atom. The van der Waals surface area contributed by atoms with E-state index in [1.165, 1.54) is 81.9 Å². The third-order valence-corrected chi connectivity index (χ3v) is 20.1.